The summed E-state index contributed by atoms with van der Waals surface area (Å²) in [7, 11) is 1.63. The minimum atomic E-state index is -0.244. The molecule has 31 heavy (non-hydrogen) atoms. The maximum absolute atomic E-state index is 13.7. The highest BCUT2D eigenvalue weighted by molar-refractivity contribution is 5.96. The number of nitrogens with one attached hydrogen (secondary N) is 1. The summed E-state index contributed by atoms with van der Waals surface area (Å²) in [6, 6.07) is 11.0. The van der Waals surface area contributed by atoms with Gasteiger partial charge in [-0.3, -0.25) is 4.79 Å². The lowest BCUT2D eigenvalue weighted by Crippen LogP contribution is -2.33. The number of rotatable bonds is 4. The van der Waals surface area contributed by atoms with Crippen molar-refractivity contribution < 1.29 is 9.53 Å². The fourth-order valence-electron chi connectivity index (χ4n) is 3.99. The summed E-state index contributed by atoms with van der Waals surface area (Å²) in [6.07, 6.45) is 4.12. The lowest BCUT2D eigenvalue weighted by Gasteiger charge is -2.23. The number of aromatic amines is 1. The number of nitrogens with zero attached hydrogens (tertiary/aromatic N) is 5. The van der Waals surface area contributed by atoms with E-state index in [0.717, 1.165) is 33.9 Å². The Morgan fingerprint density at radius 1 is 1.26 bits per heavy atom. The normalized spacial score (nSPS) is 16.3. The molecule has 5 rings (SSSR count). The van der Waals surface area contributed by atoms with Gasteiger partial charge in [-0.15, -0.1) is 0 Å². The molecule has 8 heteroatoms. The molecule has 1 aliphatic rings. The predicted molar refractivity (Wildman–Crippen MR) is 116 cm³/mol. The van der Waals surface area contributed by atoms with Crippen LogP contribution in [0.2, 0.25) is 0 Å². The topological polar surface area (TPSA) is 88.9 Å². The first-order valence-corrected chi connectivity index (χ1v) is 10.0. The molecule has 0 bridgehead atoms. The van der Waals surface area contributed by atoms with Gasteiger partial charge in [0, 0.05) is 30.7 Å². The van der Waals surface area contributed by atoms with E-state index in [2.05, 4.69) is 21.6 Å². The quantitative estimate of drug-likeness (QED) is 0.516. The van der Waals surface area contributed by atoms with Crippen LogP contribution in [0.25, 0.3) is 16.7 Å². The Balaban J connectivity index is 1.55. The van der Waals surface area contributed by atoms with Crippen molar-refractivity contribution in [2.24, 2.45) is 0 Å². The van der Waals surface area contributed by atoms with Crippen molar-refractivity contribution in [3.05, 3.63) is 78.2 Å². The van der Waals surface area contributed by atoms with E-state index in [-0.39, 0.29) is 11.9 Å². The molecule has 8 nitrogen and oxygen atoms in total. The molecule has 4 aromatic rings. The molecule has 4 heterocycles. The third-order valence-electron chi connectivity index (χ3n) is 5.50. The maximum atomic E-state index is 13.7. The van der Waals surface area contributed by atoms with Crippen LogP contribution in [0.1, 0.15) is 34.5 Å². The standard InChI is InChI=1S/C23H22N6O2/c1-14-11-20(22-26-17-7-6-16(31-3)12-18(17)27-22)28(13-14)23(30)21-19(8-5-15(2)25-21)29-10-4-9-24-29/h4-10,12,20H,1,11,13H2,2-3H3,(H,26,27). The molecular formula is C23H22N6O2. The van der Waals surface area contributed by atoms with Crippen LogP contribution >= 0.6 is 0 Å². The molecule has 0 radical (unpaired) electrons. The molecule has 156 valence electrons. The Morgan fingerprint density at radius 3 is 2.90 bits per heavy atom. The smallest absolute Gasteiger partial charge is 0.275 e. The number of carbonyl (C=O) groups is 1. The fraction of sp³-hybridized carbons (Fsp3) is 0.217. The summed E-state index contributed by atoms with van der Waals surface area (Å²) < 4.78 is 6.97. The minimum Gasteiger partial charge on any atom is -0.497 e. The molecule has 1 aliphatic heterocycles. The zero-order valence-corrected chi connectivity index (χ0v) is 17.4. The third kappa shape index (κ3) is 3.35. The second-order valence-electron chi connectivity index (χ2n) is 7.68. The summed E-state index contributed by atoms with van der Waals surface area (Å²) in [5, 5.41) is 4.28. The van der Waals surface area contributed by atoms with E-state index in [0.29, 0.717) is 24.3 Å². The molecule has 1 aromatic carbocycles. The lowest BCUT2D eigenvalue weighted by molar-refractivity contribution is 0.0726. The van der Waals surface area contributed by atoms with E-state index in [4.69, 9.17) is 9.72 Å². The van der Waals surface area contributed by atoms with Crippen molar-refractivity contribution >= 4 is 16.9 Å². The summed E-state index contributed by atoms with van der Waals surface area (Å²) in [5.74, 6) is 1.30. The van der Waals surface area contributed by atoms with Gasteiger partial charge in [0.15, 0.2) is 5.69 Å². The van der Waals surface area contributed by atoms with Crippen LogP contribution in [0.3, 0.4) is 0 Å². The van der Waals surface area contributed by atoms with Crippen molar-refractivity contribution in [1.82, 2.24) is 29.6 Å². The second kappa shape index (κ2) is 7.39. The number of carbonyl (C=O) groups excluding carboxylic acids is 1. The Kier molecular flexibility index (Phi) is 4.54. The van der Waals surface area contributed by atoms with Gasteiger partial charge < -0.3 is 14.6 Å². The first-order valence-electron chi connectivity index (χ1n) is 10.0. The van der Waals surface area contributed by atoms with Crippen molar-refractivity contribution in [2.75, 3.05) is 13.7 Å². The van der Waals surface area contributed by atoms with Gasteiger partial charge in [0.2, 0.25) is 0 Å². The Bertz CT molecular complexity index is 1290. The van der Waals surface area contributed by atoms with Crippen molar-refractivity contribution in [3.8, 4) is 11.4 Å². The highest BCUT2D eigenvalue weighted by Crippen LogP contribution is 2.35. The van der Waals surface area contributed by atoms with Crippen LogP contribution < -0.4 is 4.74 Å². The highest BCUT2D eigenvalue weighted by Gasteiger charge is 2.36. The number of imidazole rings is 1. The summed E-state index contributed by atoms with van der Waals surface area (Å²) in [4.78, 5) is 28.1. The van der Waals surface area contributed by atoms with E-state index >= 15 is 0 Å². The zero-order chi connectivity index (χ0) is 21.5. The van der Waals surface area contributed by atoms with Crippen molar-refractivity contribution in [3.63, 3.8) is 0 Å². The molecule has 1 unspecified atom stereocenters. The Hall–Kier alpha value is -3.94. The average molecular weight is 414 g/mol. The number of fused-ring (bicyclic) bond motifs is 1. The third-order valence-corrected chi connectivity index (χ3v) is 5.50. The lowest BCUT2D eigenvalue weighted by atomic mass is 10.1. The van der Waals surface area contributed by atoms with Crippen molar-refractivity contribution in [1.29, 1.82) is 0 Å². The molecule has 0 aliphatic carbocycles. The van der Waals surface area contributed by atoms with E-state index in [1.165, 1.54) is 0 Å². The molecule has 1 fully saturated rings. The van der Waals surface area contributed by atoms with Crippen LogP contribution in [-0.4, -0.2) is 49.2 Å². The van der Waals surface area contributed by atoms with Gasteiger partial charge in [-0.1, -0.05) is 12.2 Å². The average Bonchev–Trinajstić information content (AvgIpc) is 3.51. The monoisotopic (exact) mass is 414 g/mol. The van der Waals surface area contributed by atoms with Crippen LogP contribution in [0, 0.1) is 6.92 Å². The largest absolute Gasteiger partial charge is 0.497 e. The highest BCUT2D eigenvalue weighted by atomic mass is 16.5. The second-order valence-corrected chi connectivity index (χ2v) is 7.68. The van der Waals surface area contributed by atoms with E-state index in [1.807, 2.05) is 43.3 Å². The minimum absolute atomic E-state index is 0.170. The van der Waals surface area contributed by atoms with E-state index in [9.17, 15) is 4.79 Å². The zero-order valence-electron chi connectivity index (χ0n) is 17.4. The molecular weight excluding hydrogens is 392 g/mol. The summed E-state index contributed by atoms with van der Waals surface area (Å²) in [5.41, 5.74) is 4.44. The number of benzene rings is 1. The number of pyridine rings is 1. The maximum Gasteiger partial charge on any atom is 0.275 e. The molecule has 1 N–H and O–H groups in total. The van der Waals surface area contributed by atoms with Crippen molar-refractivity contribution in [2.45, 2.75) is 19.4 Å². The van der Waals surface area contributed by atoms with E-state index < -0.39 is 0 Å². The van der Waals surface area contributed by atoms with Crippen LogP contribution in [-0.2, 0) is 0 Å². The molecule has 1 amide bonds. The van der Waals surface area contributed by atoms with Crippen LogP contribution in [0.15, 0.2) is 60.9 Å². The first-order chi connectivity index (χ1) is 15.0. The van der Waals surface area contributed by atoms with Gasteiger partial charge in [-0.25, -0.2) is 14.6 Å². The molecule has 1 saturated heterocycles. The Morgan fingerprint density at radius 2 is 2.13 bits per heavy atom. The molecule has 0 saturated carbocycles. The van der Waals surface area contributed by atoms with Gasteiger partial charge in [-0.05, 0) is 43.7 Å². The van der Waals surface area contributed by atoms with Crippen LogP contribution in [0.5, 0.6) is 5.75 Å². The molecule has 1 atom stereocenters. The number of likely N-dealkylation sites (tertiary alicyclic amines) is 1. The molecule has 0 spiro atoms. The summed E-state index contributed by atoms with van der Waals surface area (Å²) >= 11 is 0. The van der Waals surface area contributed by atoms with Crippen LogP contribution in [0.4, 0.5) is 0 Å². The number of hydrogen-bond acceptors (Lipinski definition) is 5. The van der Waals surface area contributed by atoms with E-state index in [1.54, 1.807) is 29.1 Å². The molecule has 3 aromatic heterocycles. The Labute approximate surface area is 179 Å². The number of H-pyrrole nitrogens is 1. The predicted octanol–water partition coefficient (Wildman–Crippen LogP) is 3.60. The number of amides is 1. The summed E-state index contributed by atoms with van der Waals surface area (Å²) in [6.45, 7) is 6.46. The SMILES string of the molecule is C=C1CC(c2nc3ccc(OC)cc3[nH]2)N(C(=O)c2nc(C)ccc2-n2cccn2)C1. The first kappa shape index (κ1) is 19.0. The number of hydrogen-bond donors (Lipinski definition) is 1. The number of methoxy groups -OCH3 is 1. The van der Waals surface area contributed by atoms with Gasteiger partial charge in [0.25, 0.3) is 5.91 Å². The van der Waals surface area contributed by atoms with Gasteiger partial charge >= 0.3 is 0 Å². The number of aromatic nitrogens is 5. The van der Waals surface area contributed by atoms with Gasteiger partial charge in [-0.2, -0.15) is 5.10 Å². The fourth-order valence-corrected chi connectivity index (χ4v) is 3.99. The van der Waals surface area contributed by atoms with Gasteiger partial charge in [0.1, 0.15) is 11.6 Å². The number of aryl methyl sites for hydroxylation is 1. The number of ether oxygens (including phenoxy) is 1. The van der Waals surface area contributed by atoms with Gasteiger partial charge in [0.05, 0.1) is 29.9 Å².